The highest BCUT2D eigenvalue weighted by Crippen LogP contribution is 2.31. The first-order chi connectivity index (χ1) is 12.8. The van der Waals surface area contributed by atoms with Crippen molar-refractivity contribution in [3.05, 3.63) is 47.5 Å². The summed E-state index contributed by atoms with van der Waals surface area (Å²) in [5.41, 5.74) is 2.14. The number of benzene rings is 2. The summed E-state index contributed by atoms with van der Waals surface area (Å²) in [6.07, 6.45) is 0.866. The van der Waals surface area contributed by atoms with Crippen LogP contribution in [0.25, 0.3) is 0 Å². The maximum atomic E-state index is 12.8. The van der Waals surface area contributed by atoms with Crippen LogP contribution in [-0.2, 0) is 21.2 Å². The molecule has 1 aliphatic heterocycles. The standard InChI is InChI=1S/C19H22N2O5S/c1-12(16-11-14(25-2)5-8-18(16)26-3)21-27(23,24)15-6-7-17-13(10-15)4-9-19(22)20-17/h5-8,10-12,21H,4,9H2,1-3H3,(H,20,22)/t12-/m0/s1. The number of rotatable bonds is 6. The zero-order valence-corrected chi connectivity index (χ0v) is 16.2. The minimum absolute atomic E-state index is 0.0602. The average molecular weight is 390 g/mol. The van der Waals surface area contributed by atoms with E-state index in [1.165, 1.54) is 13.2 Å². The first kappa shape index (κ1) is 19.2. The van der Waals surface area contributed by atoms with Gasteiger partial charge in [-0.1, -0.05) is 0 Å². The van der Waals surface area contributed by atoms with Gasteiger partial charge < -0.3 is 14.8 Å². The molecule has 27 heavy (non-hydrogen) atoms. The summed E-state index contributed by atoms with van der Waals surface area (Å²) in [6.45, 7) is 1.74. The molecule has 1 heterocycles. The van der Waals surface area contributed by atoms with Gasteiger partial charge in [0.15, 0.2) is 0 Å². The number of carbonyl (C=O) groups excluding carboxylic acids is 1. The van der Waals surface area contributed by atoms with Crippen LogP contribution < -0.4 is 19.5 Å². The Kier molecular flexibility index (Phi) is 5.38. The number of anilines is 1. The topological polar surface area (TPSA) is 93.7 Å². The van der Waals surface area contributed by atoms with Crippen molar-refractivity contribution < 1.29 is 22.7 Å². The molecule has 144 valence electrons. The van der Waals surface area contributed by atoms with Crippen molar-refractivity contribution in [2.75, 3.05) is 19.5 Å². The molecule has 3 rings (SSSR count). The first-order valence-corrected chi connectivity index (χ1v) is 9.99. The van der Waals surface area contributed by atoms with E-state index in [4.69, 9.17) is 9.47 Å². The molecule has 0 saturated carbocycles. The van der Waals surface area contributed by atoms with Crippen molar-refractivity contribution in [1.29, 1.82) is 0 Å². The highest BCUT2D eigenvalue weighted by molar-refractivity contribution is 7.89. The summed E-state index contributed by atoms with van der Waals surface area (Å²) in [7, 11) is -0.678. The second-order valence-corrected chi connectivity index (χ2v) is 8.03. The third-order valence-corrected chi connectivity index (χ3v) is 6.06. The minimum atomic E-state index is -3.76. The fourth-order valence-corrected chi connectivity index (χ4v) is 4.34. The summed E-state index contributed by atoms with van der Waals surface area (Å²) >= 11 is 0. The van der Waals surface area contributed by atoms with Crippen LogP contribution in [0.15, 0.2) is 41.3 Å². The van der Waals surface area contributed by atoms with Gasteiger partial charge in [-0.25, -0.2) is 13.1 Å². The lowest BCUT2D eigenvalue weighted by molar-refractivity contribution is -0.116. The quantitative estimate of drug-likeness (QED) is 0.791. The highest BCUT2D eigenvalue weighted by atomic mass is 32.2. The van der Waals surface area contributed by atoms with E-state index in [-0.39, 0.29) is 10.8 Å². The number of carbonyl (C=O) groups is 1. The zero-order chi connectivity index (χ0) is 19.6. The molecule has 1 amide bonds. The van der Waals surface area contributed by atoms with Gasteiger partial charge in [0.05, 0.1) is 19.1 Å². The molecular weight excluding hydrogens is 368 g/mol. The maximum Gasteiger partial charge on any atom is 0.241 e. The molecule has 1 aliphatic rings. The normalized spacial score (nSPS) is 14.9. The van der Waals surface area contributed by atoms with E-state index in [1.54, 1.807) is 44.4 Å². The predicted octanol–water partition coefficient (Wildman–Crippen LogP) is 2.63. The van der Waals surface area contributed by atoms with Gasteiger partial charge in [-0.2, -0.15) is 0 Å². The van der Waals surface area contributed by atoms with E-state index in [9.17, 15) is 13.2 Å². The van der Waals surface area contributed by atoms with Gasteiger partial charge in [0.25, 0.3) is 0 Å². The van der Waals surface area contributed by atoms with E-state index >= 15 is 0 Å². The fraction of sp³-hybridized carbons (Fsp3) is 0.316. The molecule has 2 N–H and O–H groups in total. The molecular formula is C19H22N2O5S. The van der Waals surface area contributed by atoms with Gasteiger partial charge in [-0.15, -0.1) is 0 Å². The molecule has 0 aromatic heterocycles. The largest absolute Gasteiger partial charge is 0.497 e. The molecule has 0 fully saturated rings. The molecule has 0 bridgehead atoms. The van der Waals surface area contributed by atoms with Crippen LogP contribution in [0.3, 0.4) is 0 Å². The molecule has 0 aliphatic carbocycles. The summed E-state index contributed by atoms with van der Waals surface area (Å²) in [5, 5.41) is 2.75. The molecule has 0 unspecified atom stereocenters. The van der Waals surface area contributed by atoms with Gasteiger partial charge in [-0.3, -0.25) is 4.79 Å². The second-order valence-electron chi connectivity index (χ2n) is 6.32. The lowest BCUT2D eigenvalue weighted by Gasteiger charge is -2.20. The zero-order valence-electron chi connectivity index (χ0n) is 15.4. The van der Waals surface area contributed by atoms with E-state index in [0.717, 1.165) is 5.56 Å². The van der Waals surface area contributed by atoms with Crippen molar-refractivity contribution in [3.63, 3.8) is 0 Å². The number of methoxy groups -OCH3 is 2. The Morgan fingerprint density at radius 1 is 1.07 bits per heavy atom. The number of aryl methyl sites for hydroxylation is 1. The number of ether oxygens (including phenoxy) is 2. The Morgan fingerprint density at radius 2 is 1.85 bits per heavy atom. The highest BCUT2D eigenvalue weighted by Gasteiger charge is 2.23. The summed E-state index contributed by atoms with van der Waals surface area (Å²) < 4.78 is 38.9. The summed E-state index contributed by atoms with van der Waals surface area (Å²) in [4.78, 5) is 11.6. The summed E-state index contributed by atoms with van der Waals surface area (Å²) in [6, 6.07) is 9.42. The molecule has 2 aromatic rings. The lowest BCUT2D eigenvalue weighted by Crippen LogP contribution is -2.27. The Bertz CT molecular complexity index is 972. The lowest BCUT2D eigenvalue weighted by atomic mass is 10.0. The second kappa shape index (κ2) is 7.58. The third-order valence-electron chi connectivity index (χ3n) is 4.52. The smallest absolute Gasteiger partial charge is 0.241 e. The Balaban J connectivity index is 1.87. The monoisotopic (exact) mass is 390 g/mol. The van der Waals surface area contributed by atoms with Crippen molar-refractivity contribution in [2.45, 2.75) is 30.7 Å². The van der Waals surface area contributed by atoms with Crippen molar-refractivity contribution in [3.8, 4) is 11.5 Å². The number of nitrogens with one attached hydrogen (secondary N) is 2. The molecule has 8 heteroatoms. The van der Waals surface area contributed by atoms with Gasteiger partial charge in [-0.05, 0) is 55.3 Å². The Hall–Kier alpha value is -2.58. The predicted molar refractivity (Wildman–Crippen MR) is 102 cm³/mol. The molecule has 7 nitrogen and oxygen atoms in total. The van der Waals surface area contributed by atoms with Gasteiger partial charge in [0.2, 0.25) is 15.9 Å². The molecule has 0 saturated heterocycles. The Labute approximate surface area is 158 Å². The number of sulfonamides is 1. The van der Waals surface area contributed by atoms with Crippen molar-refractivity contribution in [2.24, 2.45) is 0 Å². The van der Waals surface area contributed by atoms with Crippen LogP contribution in [0, 0.1) is 0 Å². The number of amides is 1. The van der Waals surface area contributed by atoms with Gasteiger partial charge in [0.1, 0.15) is 11.5 Å². The van der Waals surface area contributed by atoms with E-state index in [2.05, 4.69) is 10.0 Å². The third kappa shape index (κ3) is 4.06. The maximum absolute atomic E-state index is 12.8. The van der Waals surface area contributed by atoms with Crippen LogP contribution in [0.4, 0.5) is 5.69 Å². The van der Waals surface area contributed by atoms with Crippen LogP contribution in [0.1, 0.15) is 30.5 Å². The van der Waals surface area contributed by atoms with E-state index in [1.807, 2.05) is 0 Å². The van der Waals surface area contributed by atoms with E-state index < -0.39 is 16.1 Å². The number of hydrogen-bond donors (Lipinski definition) is 2. The molecule has 1 atom stereocenters. The average Bonchev–Trinajstić information content (AvgIpc) is 2.66. The van der Waals surface area contributed by atoms with Crippen LogP contribution in [-0.4, -0.2) is 28.5 Å². The number of hydrogen-bond acceptors (Lipinski definition) is 5. The summed E-state index contributed by atoms with van der Waals surface area (Å²) in [5.74, 6) is 1.12. The van der Waals surface area contributed by atoms with Gasteiger partial charge in [0, 0.05) is 23.7 Å². The minimum Gasteiger partial charge on any atom is -0.497 e. The van der Waals surface area contributed by atoms with Crippen molar-refractivity contribution in [1.82, 2.24) is 4.72 Å². The Morgan fingerprint density at radius 3 is 2.56 bits per heavy atom. The first-order valence-electron chi connectivity index (χ1n) is 8.51. The molecule has 0 spiro atoms. The number of fused-ring (bicyclic) bond motifs is 1. The SMILES string of the molecule is COc1ccc(OC)c([C@H](C)NS(=O)(=O)c2ccc3c(c2)CCC(=O)N3)c1. The molecule has 2 aromatic carbocycles. The van der Waals surface area contributed by atoms with Crippen LogP contribution in [0.2, 0.25) is 0 Å². The van der Waals surface area contributed by atoms with Gasteiger partial charge >= 0.3 is 0 Å². The van der Waals surface area contributed by atoms with E-state index in [0.29, 0.717) is 35.6 Å². The van der Waals surface area contributed by atoms with Crippen molar-refractivity contribution >= 4 is 21.6 Å². The fourth-order valence-electron chi connectivity index (χ4n) is 3.07. The van der Waals surface area contributed by atoms with Crippen LogP contribution in [0.5, 0.6) is 11.5 Å². The van der Waals surface area contributed by atoms with Crippen LogP contribution >= 0.6 is 0 Å². The molecule has 0 radical (unpaired) electrons.